The maximum absolute atomic E-state index is 12.5. The first-order chi connectivity index (χ1) is 5.52. The molecule has 0 unspecified atom stereocenters. The smallest absolute Gasteiger partial charge is 0.267 e. The van der Waals surface area contributed by atoms with Gasteiger partial charge in [-0.2, -0.15) is 8.78 Å². The van der Waals surface area contributed by atoms with Crippen molar-refractivity contribution in [3.8, 4) is 0 Å². The van der Waals surface area contributed by atoms with Crippen molar-refractivity contribution in [2.45, 2.75) is 0 Å². The third-order valence-electron chi connectivity index (χ3n) is 1.20. The fraction of sp³-hybridized carbons (Fsp3) is 0. The van der Waals surface area contributed by atoms with E-state index in [9.17, 15) is 13.6 Å². The first kappa shape index (κ1) is 8.38. The van der Waals surface area contributed by atoms with E-state index in [4.69, 9.17) is 11.5 Å². The molecule has 0 saturated heterocycles. The van der Waals surface area contributed by atoms with E-state index in [-0.39, 0.29) is 0 Å². The summed E-state index contributed by atoms with van der Waals surface area (Å²) in [5.41, 5.74) is 8.87. The standard InChI is InChI=1S/C6H5F2N3O/c7-4-2(9)1-3(6(10)12)11-5(4)8/h1H,(H2,9,11)(H2,10,12). The zero-order valence-electron chi connectivity index (χ0n) is 5.84. The van der Waals surface area contributed by atoms with Crippen LogP contribution in [-0.4, -0.2) is 10.9 Å². The van der Waals surface area contributed by atoms with Crippen LogP contribution in [0.25, 0.3) is 0 Å². The van der Waals surface area contributed by atoms with Crippen molar-refractivity contribution in [1.29, 1.82) is 0 Å². The first-order valence-corrected chi connectivity index (χ1v) is 2.93. The molecule has 0 saturated carbocycles. The number of amides is 1. The minimum Gasteiger partial charge on any atom is -0.396 e. The lowest BCUT2D eigenvalue weighted by Crippen LogP contribution is -2.15. The number of nitrogens with two attached hydrogens (primary N) is 2. The number of carbonyl (C=O) groups excluding carboxylic acids is 1. The number of carbonyl (C=O) groups is 1. The van der Waals surface area contributed by atoms with Gasteiger partial charge in [0.25, 0.3) is 11.9 Å². The van der Waals surface area contributed by atoms with Crippen LogP contribution in [0, 0.1) is 11.8 Å². The van der Waals surface area contributed by atoms with E-state index in [0.717, 1.165) is 6.07 Å². The minimum absolute atomic E-state index is 0.397. The third kappa shape index (κ3) is 1.31. The van der Waals surface area contributed by atoms with Gasteiger partial charge in [0, 0.05) is 0 Å². The van der Waals surface area contributed by atoms with Crippen LogP contribution in [-0.2, 0) is 0 Å². The van der Waals surface area contributed by atoms with E-state index < -0.39 is 29.1 Å². The van der Waals surface area contributed by atoms with Gasteiger partial charge in [-0.25, -0.2) is 4.98 Å². The van der Waals surface area contributed by atoms with Crippen molar-refractivity contribution in [3.05, 3.63) is 23.5 Å². The molecule has 0 radical (unpaired) electrons. The van der Waals surface area contributed by atoms with Gasteiger partial charge in [0.05, 0.1) is 5.69 Å². The lowest BCUT2D eigenvalue weighted by Gasteiger charge is -1.99. The zero-order chi connectivity index (χ0) is 9.30. The molecule has 0 fully saturated rings. The summed E-state index contributed by atoms with van der Waals surface area (Å²) in [5, 5.41) is 0. The molecule has 1 aromatic rings. The van der Waals surface area contributed by atoms with Crippen LogP contribution in [0.2, 0.25) is 0 Å². The molecule has 0 bridgehead atoms. The Hall–Kier alpha value is -1.72. The maximum Gasteiger partial charge on any atom is 0.267 e. The highest BCUT2D eigenvalue weighted by atomic mass is 19.2. The van der Waals surface area contributed by atoms with E-state index in [1.165, 1.54) is 0 Å². The Morgan fingerprint density at radius 2 is 2.08 bits per heavy atom. The number of anilines is 1. The van der Waals surface area contributed by atoms with Crippen molar-refractivity contribution in [1.82, 2.24) is 4.98 Å². The average Bonchev–Trinajstić information content (AvgIpc) is 1.99. The van der Waals surface area contributed by atoms with Gasteiger partial charge < -0.3 is 11.5 Å². The molecule has 0 aliphatic rings. The maximum atomic E-state index is 12.5. The van der Waals surface area contributed by atoms with Gasteiger partial charge >= 0.3 is 0 Å². The van der Waals surface area contributed by atoms with E-state index in [2.05, 4.69) is 4.98 Å². The molecule has 4 N–H and O–H groups in total. The highest BCUT2D eigenvalue weighted by Crippen LogP contribution is 2.12. The molecular weight excluding hydrogens is 168 g/mol. The first-order valence-electron chi connectivity index (χ1n) is 2.93. The Balaban J connectivity index is 3.31. The Kier molecular flexibility index (Phi) is 1.90. The second-order valence-electron chi connectivity index (χ2n) is 2.07. The summed E-state index contributed by atoms with van der Waals surface area (Å²) < 4.78 is 24.9. The normalized spacial score (nSPS) is 9.83. The Labute approximate surface area is 66.2 Å². The molecule has 4 nitrogen and oxygen atoms in total. The predicted molar refractivity (Wildman–Crippen MR) is 37.1 cm³/mol. The fourth-order valence-electron chi connectivity index (χ4n) is 0.643. The quantitative estimate of drug-likeness (QED) is 0.588. The molecular formula is C6H5F2N3O. The van der Waals surface area contributed by atoms with Crippen molar-refractivity contribution in [2.75, 3.05) is 5.73 Å². The van der Waals surface area contributed by atoms with Crippen LogP contribution < -0.4 is 11.5 Å². The van der Waals surface area contributed by atoms with Crippen LogP contribution in [0.1, 0.15) is 10.5 Å². The molecule has 6 heteroatoms. The number of nitrogens with zero attached hydrogens (tertiary/aromatic N) is 1. The van der Waals surface area contributed by atoms with E-state index in [1.54, 1.807) is 0 Å². The number of nitrogen functional groups attached to an aromatic ring is 1. The van der Waals surface area contributed by atoms with Crippen LogP contribution in [0.4, 0.5) is 14.5 Å². The molecule has 0 atom stereocenters. The molecule has 0 aromatic carbocycles. The average molecular weight is 173 g/mol. The lowest BCUT2D eigenvalue weighted by molar-refractivity contribution is 0.0994. The zero-order valence-corrected chi connectivity index (χ0v) is 5.84. The SMILES string of the molecule is NC(=O)c1cc(N)c(F)c(F)n1. The van der Waals surface area contributed by atoms with Gasteiger partial charge in [-0.15, -0.1) is 0 Å². The monoisotopic (exact) mass is 173 g/mol. The molecule has 1 amide bonds. The molecule has 0 aliphatic carbocycles. The molecule has 0 aliphatic heterocycles. The number of halogens is 2. The predicted octanol–water partition coefficient (Wildman–Crippen LogP) is 0.0409. The summed E-state index contributed by atoms with van der Waals surface area (Å²) in [6, 6.07) is 0.876. The molecule has 1 aromatic heterocycles. The number of aromatic nitrogens is 1. The third-order valence-corrected chi connectivity index (χ3v) is 1.20. The second-order valence-corrected chi connectivity index (χ2v) is 2.07. The molecule has 12 heavy (non-hydrogen) atoms. The topological polar surface area (TPSA) is 82.0 Å². The summed E-state index contributed by atoms with van der Waals surface area (Å²) in [6.45, 7) is 0. The highest BCUT2D eigenvalue weighted by Gasteiger charge is 2.12. The van der Waals surface area contributed by atoms with Gasteiger partial charge in [-0.05, 0) is 6.07 Å². The summed E-state index contributed by atoms with van der Waals surface area (Å²) in [4.78, 5) is 13.4. The summed E-state index contributed by atoms with van der Waals surface area (Å²) in [5.74, 6) is -3.66. The number of pyridine rings is 1. The van der Waals surface area contributed by atoms with E-state index >= 15 is 0 Å². The Morgan fingerprint density at radius 1 is 1.50 bits per heavy atom. The van der Waals surface area contributed by atoms with Gasteiger partial charge in [0.2, 0.25) is 5.82 Å². The minimum atomic E-state index is -1.43. The second kappa shape index (κ2) is 2.72. The Morgan fingerprint density at radius 3 is 2.50 bits per heavy atom. The van der Waals surface area contributed by atoms with Crippen molar-refractivity contribution in [2.24, 2.45) is 5.73 Å². The van der Waals surface area contributed by atoms with Crippen molar-refractivity contribution < 1.29 is 13.6 Å². The van der Waals surface area contributed by atoms with E-state index in [0.29, 0.717) is 0 Å². The van der Waals surface area contributed by atoms with Gasteiger partial charge in [0.1, 0.15) is 5.69 Å². The fourth-order valence-corrected chi connectivity index (χ4v) is 0.643. The van der Waals surface area contributed by atoms with Crippen LogP contribution in [0.3, 0.4) is 0 Å². The van der Waals surface area contributed by atoms with Crippen LogP contribution in [0.15, 0.2) is 6.07 Å². The number of hydrogen-bond donors (Lipinski definition) is 2. The van der Waals surface area contributed by atoms with Gasteiger partial charge in [-0.1, -0.05) is 0 Å². The molecule has 1 heterocycles. The van der Waals surface area contributed by atoms with Gasteiger partial charge in [0.15, 0.2) is 0 Å². The molecule has 64 valence electrons. The van der Waals surface area contributed by atoms with E-state index in [1.807, 2.05) is 0 Å². The van der Waals surface area contributed by atoms with Crippen LogP contribution in [0.5, 0.6) is 0 Å². The molecule has 1 rings (SSSR count). The number of rotatable bonds is 1. The largest absolute Gasteiger partial charge is 0.396 e. The van der Waals surface area contributed by atoms with Crippen molar-refractivity contribution in [3.63, 3.8) is 0 Å². The summed E-state index contributed by atoms with van der Waals surface area (Å²) in [7, 11) is 0. The summed E-state index contributed by atoms with van der Waals surface area (Å²) >= 11 is 0. The molecule has 0 spiro atoms. The lowest BCUT2D eigenvalue weighted by atomic mass is 10.3. The Bertz CT molecular complexity index is 317. The van der Waals surface area contributed by atoms with Gasteiger partial charge in [-0.3, -0.25) is 4.79 Å². The van der Waals surface area contributed by atoms with Crippen molar-refractivity contribution >= 4 is 11.6 Å². The van der Waals surface area contributed by atoms with Crippen LogP contribution >= 0.6 is 0 Å². The number of hydrogen-bond acceptors (Lipinski definition) is 3. The summed E-state index contributed by atoms with van der Waals surface area (Å²) in [6.07, 6.45) is 0. The number of primary amides is 1. The highest BCUT2D eigenvalue weighted by molar-refractivity contribution is 5.91.